The maximum Gasteiger partial charge on any atom is 0.122 e. The lowest BCUT2D eigenvalue weighted by Crippen LogP contribution is -1.90. The van der Waals surface area contributed by atoms with Crippen LogP contribution in [0, 0.1) is 0 Å². The zero-order valence-electron chi connectivity index (χ0n) is 9.63. The van der Waals surface area contributed by atoms with Gasteiger partial charge in [-0.15, -0.1) is 0 Å². The van der Waals surface area contributed by atoms with Crippen LogP contribution in [0.2, 0.25) is 0 Å². The highest BCUT2D eigenvalue weighted by Gasteiger charge is 2.02. The van der Waals surface area contributed by atoms with Crippen LogP contribution in [0.1, 0.15) is 17.5 Å². The minimum absolute atomic E-state index is 0.106. The Kier molecular flexibility index (Phi) is 3.66. The molecule has 2 N–H and O–H groups in total. The van der Waals surface area contributed by atoms with E-state index in [1.54, 1.807) is 12.1 Å². The van der Waals surface area contributed by atoms with Crippen molar-refractivity contribution >= 4 is 0 Å². The number of hydrogen-bond donors (Lipinski definition) is 2. The maximum absolute atomic E-state index is 9.63. The van der Waals surface area contributed by atoms with Gasteiger partial charge < -0.3 is 10.2 Å². The average molecular weight is 228 g/mol. The molecule has 0 radical (unpaired) electrons. The van der Waals surface area contributed by atoms with E-state index in [4.69, 9.17) is 0 Å². The first-order chi connectivity index (χ1) is 8.25. The van der Waals surface area contributed by atoms with Gasteiger partial charge in [0.15, 0.2) is 0 Å². The standard InChI is InChI=1S/C15H16O2/c16-14-10-9-13(15(17)11-14)8-4-7-12-5-2-1-3-6-12/h1-3,5-6,9-11,16-17H,4,7-8H2. The Morgan fingerprint density at radius 2 is 1.59 bits per heavy atom. The lowest BCUT2D eigenvalue weighted by Gasteiger charge is -2.05. The summed E-state index contributed by atoms with van der Waals surface area (Å²) >= 11 is 0. The first-order valence-electron chi connectivity index (χ1n) is 5.80. The Morgan fingerprint density at radius 3 is 2.29 bits per heavy atom. The monoisotopic (exact) mass is 228 g/mol. The second-order valence-electron chi connectivity index (χ2n) is 4.15. The summed E-state index contributed by atoms with van der Waals surface area (Å²) in [7, 11) is 0. The lowest BCUT2D eigenvalue weighted by atomic mass is 10.0. The molecule has 2 aromatic rings. The van der Waals surface area contributed by atoms with Crippen LogP contribution < -0.4 is 0 Å². The zero-order chi connectivity index (χ0) is 12.1. The van der Waals surface area contributed by atoms with Gasteiger partial charge in [0.05, 0.1) is 0 Å². The molecule has 0 unspecified atom stereocenters. The van der Waals surface area contributed by atoms with Crippen molar-refractivity contribution in [1.29, 1.82) is 0 Å². The molecular formula is C15H16O2. The highest BCUT2D eigenvalue weighted by Crippen LogP contribution is 2.23. The maximum atomic E-state index is 9.63. The summed E-state index contributed by atoms with van der Waals surface area (Å²) in [6.07, 6.45) is 2.81. The van der Waals surface area contributed by atoms with Crippen molar-refractivity contribution in [3.8, 4) is 11.5 Å². The molecule has 2 nitrogen and oxygen atoms in total. The van der Waals surface area contributed by atoms with Crippen LogP contribution in [0.25, 0.3) is 0 Å². The SMILES string of the molecule is Oc1ccc(CCCc2ccccc2)c(O)c1. The van der Waals surface area contributed by atoms with Gasteiger partial charge in [-0.2, -0.15) is 0 Å². The van der Waals surface area contributed by atoms with Gasteiger partial charge in [-0.25, -0.2) is 0 Å². The van der Waals surface area contributed by atoms with Gasteiger partial charge in [0.1, 0.15) is 11.5 Å². The molecule has 0 fully saturated rings. The summed E-state index contributed by atoms with van der Waals surface area (Å²) < 4.78 is 0. The molecule has 0 aliphatic carbocycles. The lowest BCUT2D eigenvalue weighted by molar-refractivity contribution is 0.445. The normalized spacial score (nSPS) is 10.4. The Morgan fingerprint density at radius 1 is 0.824 bits per heavy atom. The summed E-state index contributed by atoms with van der Waals surface area (Å²) in [6, 6.07) is 15.1. The van der Waals surface area contributed by atoms with Crippen LogP contribution in [-0.4, -0.2) is 10.2 Å². The first-order valence-corrected chi connectivity index (χ1v) is 5.80. The number of hydrogen-bond acceptors (Lipinski definition) is 2. The molecule has 0 saturated heterocycles. The smallest absolute Gasteiger partial charge is 0.122 e. The van der Waals surface area contributed by atoms with Crippen LogP contribution in [0.3, 0.4) is 0 Å². The summed E-state index contributed by atoms with van der Waals surface area (Å²) in [5.74, 6) is 0.285. The predicted molar refractivity (Wildman–Crippen MR) is 68.2 cm³/mol. The number of benzene rings is 2. The average Bonchev–Trinajstić information content (AvgIpc) is 2.33. The van der Waals surface area contributed by atoms with Gasteiger partial charge in [-0.1, -0.05) is 36.4 Å². The van der Waals surface area contributed by atoms with Gasteiger partial charge in [-0.05, 0) is 36.5 Å². The van der Waals surface area contributed by atoms with Crippen molar-refractivity contribution in [2.75, 3.05) is 0 Å². The third-order valence-electron chi connectivity index (χ3n) is 2.82. The van der Waals surface area contributed by atoms with Crippen molar-refractivity contribution in [2.24, 2.45) is 0 Å². The van der Waals surface area contributed by atoms with Crippen LogP contribution in [0.15, 0.2) is 48.5 Å². The van der Waals surface area contributed by atoms with E-state index in [-0.39, 0.29) is 11.5 Å². The third-order valence-corrected chi connectivity index (χ3v) is 2.82. The van der Waals surface area contributed by atoms with E-state index in [9.17, 15) is 10.2 Å². The molecule has 0 heterocycles. The van der Waals surface area contributed by atoms with Gasteiger partial charge in [-0.3, -0.25) is 0 Å². The topological polar surface area (TPSA) is 40.5 Å². The molecule has 2 heteroatoms. The van der Waals surface area contributed by atoms with E-state index in [1.165, 1.54) is 11.6 Å². The highest BCUT2D eigenvalue weighted by atomic mass is 16.3. The number of aryl methyl sites for hydroxylation is 2. The van der Waals surface area contributed by atoms with E-state index in [0.29, 0.717) is 0 Å². The highest BCUT2D eigenvalue weighted by molar-refractivity contribution is 5.39. The summed E-state index contributed by atoms with van der Waals surface area (Å²) in [6.45, 7) is 0. The van der Waals surface area contributed by atoms with E-state index >= 15 is 0 Å². The van der Waals surface area contributed by atoms with E-state index < -0.39 is 0 Å². The van der Waals surface area contributed by atoms with E-state index in [2.05, 4.69) is 12.1 Å². The molecule has 0 amide bonds. The Bertz CT molecular complexity index is 478. The molecule has 17 heavy (non-hydrogen) atoms. The van der Waals surface area contributed by atoms with Gasteiger partial charge in [0.25, 0.3) is 0 Å². The molecule has 0 bridgehead atoms. The van der Waals surface area contributed by atoms with Crippen LogP contribution in [-0.2, 0) is 12.8 Å². The number of phenolic OH excluding ortho intramolecular Hbond substituents is 2. The molecule has 0 aromatic heterocycles. The van der Waals surface area contributed by atoms with Crippen LogP contribution in [0.5, 0.6) is 11.5 Å². The van der Waals surface area contributed by atoms with Crippen molar-refractivity contribution in [3.05, 3.63) is 59.7 Å². The van der Waals surface area contributed by atoms with Crippen molar-refractivity contribution in [1.82, 2.24) is 0 Å². The van der Waals surface area contributed by atoms with E-state index in [0.717, 1.165) is 24.8 Å². The fourth-order valence-electron chi connectivity index (χ4n) is 1.89. The molecular weight excluding hydrogens is 212 g/mol. The Hall–Kier alpha value is -1.96. The molecule has 0 atom stereocenters. The summed E-state index contributed by atoms with van der Waals surface area (Å²) in [4.78, 5) is 0. The minimum Gasteiger partial charge on any atom is -0.508 e. The van der Waals surface area contributed by atoms with Crippen molar-refractivity contribution in [3.63, 3.8) is 0 Å². The van der Waals surface area contributed by atoms with Gasteiger partial charge in [0, 0.05) is 6.07 Å². The number of aromatic hydroxyl groups is 2. The Balaban J connectivity index is 1.90. The second kappa shape index (κ2) is 5.39. The zero-order valence-corrected chi connectivity index (χ0v) is 9.63. The molecule has 0 saturated carbocycles. The van der Waals surface area contributed by atoms with Crippen molar-refractivity contribution in [2.45, 2.75) is 19.3 Å². The third kappa shape index (κ3) is 3.25. The molecule has 2 aromatic carbocycles. The molecule has 0 spiro atoms. The largest absolute Gasteiger partial charge is 0.508 e. The number of phenols is 2. The predicted octanol–water partition coefficient (Wildman–Crippen LogP) is 3.27. The van der Waals surface area contributed by atoms with Crippen LogP contribution in [0.4, 0.5) is 0 Å². The first kappa shape index (κ1) is 11.5. The number of rotatable bonds is 4. The Labute approximate surface area is 101 Å². The quantitative estimate of drug-likeness (QED) is 0.843. The molecule has 0 aliphatic rings. The fourth-order valence-corrected chi connectivity index (χ4v) is 1.89. The van der Waals surface area contributed by atoms with Crippen molar-refractivity contribution < 1.29 is 10.2 Å². The minimum atomic E-state index is 0.106. The molecule has 2 rings (SSSR count). The summed E-state index contributed by atoms with van der Waals surface area (Å²) in [5, 5.41) is 18.8. The van der Waals surface area contributed by atoms with E-state index in [1.807, 2.05) is 18.2 Å². The second-order valence-corrected chi connectivity index (χ2v) is 4.15. The molecule has 88 valence electrons. The van der Waals surface area contributed by atoms with Crippen LogP contribution >= 0.6 is 0 Å². The summed E-state index contributed by atoms with van der Waals surface area (Å²) in [5.41, 5.74) is 2.20. The van der Waals surface area contributed by atoms with Gasteiger partial charge >= 0.3 is 0 Å². The molecule has 0 aliphatic heterocycles. The van der Waals surface area contributed by atoms with Gasteiger partial charge in [0.2, 0.25) is 0 Å². The fraction of sp³-hybridized carbons (Fsp3) is 0.200.